The molecule has 0 radical (unpaired) electrons. The van der Waals surface area contributed by atoms with Gasteiger partial charge in [-0.2, -0.15) is 0 Å². The first-order chi connectivity index (χ1) is 7.29. The minimum Gasteiger partial charge on any atom is -0.316 e. The van der Waals surface area contributed by atoms with Crippen LogP contribution in [0.2, 0.25) is 0 Å². The van der Waals surface area contributed by atoms with Gasteiger partial charge in [0.1, 0.15) is 0 Å². The van der Waals surface area contributed by atoms with Crippen LogP contribution < -0.4 is 5.32 Å². The standard InChI is InChI=1S/C12H25N3/c1-11(13-2)9-14-8-5-12(10-14)15-6-3-4-7-15/h11-13H,3-10H2,1-2H3. The summed E-state index contributed by atoms with van der Waals surface area (Å²) >= 11 is 0. The van der Waals surface area contributed by atoms with Crippen molar-refractivity contribution in [1.82, 2.24) is 15.1 Å². The van der Waals surface area contributed by atoms with E-state index in [1.165, 1.54) is 52.0 Å². The van der Waals surface area contributed by atoms with Gasteiger partial charge in [-0.25, -0.2) is 0 Å². The molecule has 2 aliphatic rings. The number of likely N-dealkylation sites (N-methyl/N-ethyl adjacent to an activating group) is 1. The molecule has 3 heteroatoms. The molecule has 0 aliphatic carbocycles. The molecule has 0 spiro atoms. The van der Waals surface area contributed by atoms with Crippen molar-refractivity contribution in [2.45, 2.75) is 38.3 Å². The van der Waals surface area contributed by atoms with Gasteiger partial charge < -0.3 is 10.2 Å². The molecule has 2 unspecified atom stereocenters. The van der Waals surface area contributed by atoms with Crippen LogP contribution in [0.4, 0.5) is 0 Å². The first-order valence-electron chi connectivity index (χ1n) is 6.43. The summed E-state index contributed by atoms with van der Waals surface area (Å²) in [5, 5.41) is 3.32. The van der Waals surface area contributed by atoms with E-state index in [1.807, 2.05) is 0 Å². The Kier molecular flexibility index (Phi) is 4.00. The molecule has 15 heavy (non-hydrogen) atoms. The Morgan fingerprint density at radius 3 is 2.67 bits per heavy atom. The van der Waals surface area contributed by atoms with Gasteiger partial charge in [0.05, 0.1) is 0 Å². The SMILES string of the molecule is CNC(C)CN1CCC(N2CCCC2)C1. The van der Waals surface area contributed by atoms with Crippen LogP contribution in [0.5, 0.6) is 0 Å². The van der Waals surface area contributed by atoms with Gasteiger partial charge in [-0.15, -0.1) is 0 Å². The van der Waals surface area contributed by atoms with Crippen LogP contribution in [0.25, 0.3) is 0 Å². The predicted molar refractivity (Wildman–Crippen MR) is 64.2 cm³/mol. The van der Waals surface area contributed by atoms with Crippen molar-refractivity contribution < 1.29 is 0 Å². The lowest BCUT2D eigenvalue weighted by Crippen LogP contribution is -2.39. The Morgan fingerprint density at radius 1 is 1.27 bits per heavy atom. The fraction of sp³-hybridized carbons (Fsp3) is 1.00. The van der Waals surface area contributed by atoms with Crippen molar-refractivity contribution in [3.8, 4) is 0 Å². The van der Waals surface area contributed by atoms with Gasteiger partial charge in [0.2, 0.25) is 0 Å². The average Bonchev–Trinajstić information content (AvgIpc) is 2.85. The summed E-state index contributed by atoms with van der Waals surface area (Å²) in [4.78, 5) is 5.31. The number of nitrogens with one attached hydrogen (secondary N) is 1. The second-order valence-corrected chi connectivity index (χ2v) is 5.13. The van der Waals surface area contributed by atoms with Crippen molar-refractivity contribution in [2.24, 2.45) is 0 Å². The molecule has 0 aromatic rings. The second-order valence-electron chi connectivity index (χ2n) is 5.13. The molecule has 3 nitrogen and oxygen atoms in total. The van der Waals surface area contributed by atoms with E-state index in [-0.39, 0.29) is 0 Å². The minimum absolute atomic E-state index is 0.627. The maximum absolute atomic E-state index is 3.32. The summed E-state index contributed by atoms with van der Waals surface area (Å²) in [7, 11) is 2.05. The topological polar surface area (TPSA) is 18.5 Å². The van der Waals surface area contributed by atoms with Crippen molar-refractivity contribution in [1.29, 1.82) is 0 Å². The van der Waals surface area contributed by atoms with Crippen LogP contribution in [0.15, 0.2) is 0 Å². The van der Waals surface area contributed by atoms with Gasteiger partial charge in [0.25, 0.3) is 0 Å². The summed E-state index contributed by atoms with van der Waals surface area (Å²) in [6, 6.07) is 1.49. The smallest absolute Gasteiger partial charge is 0.0235 e. The highest BCUT2D eigenvalue weighted by molar-refractivity contribution is 4.86. The molecular formula is C12H25N3. The summed E-state index contributed by atoms with van der Waals surface area (Å²) in [5.74, 6) is 0. The Labute approximate surface area is 93.8 Å². The largest absolute Gasteiger partial charge is 0.316 e. The van der Waals surface area contributed by atoms with E-state index in [9.17, 15) is 0 Å². The third-order valence-electron chi connectivity index (χ3n) is 3.93. The number of hydrogen-bond acceptors (Lipinski definition) is 3. The van der Waals surface area contributed by atoms with Crippen molar-refractivity contribution in [2.75, 3.05) is 39.8 Å². The maximum Gasteiger partial charge on any atom is 0.0235 e. The Balaban J connectivity index is 1.74. The van der Waals surface area contributed by atoms with E-state index in [2.05, 4.69) is 29.1 Å². The predicted octanol–water partition coefficient (Wildman–Crippen LogP) is 0.764. The molecule has 2 rings (SSSR count). The Morgan fingerprint density at radius 2 is 2.00 bits per heavy atom. The highest BCUT2D eigenvalue weighted by atomic mass is 15.3. The zero-order valence-corrected chi connectivity index (χ0v) is 10.2. The van der Waals surface area contributed by atoms with E-state index < -0.39 is 0 Å². The molecule has 2 aliphatic heterocycles. The third-order valence-corrected chi connectivity index (χ3v) is 3.93. The van der Waals surface area contributed by atoms with Gasteiger partial charge in [0, 0.05) is 25.2 Å². The molecule has 88 valence electrons. The van der Waals surface area contributed by atoms with E-state index in [1.54, 1.807) is 0 Å². The molecule has 0 aromatic heterocycles. The van der Waals surface area contributed by atoms with Gasteiger partial charge in [-0.1, -0.05) is 0 Å². The fourth-order valence-corrected chi connectivity index (χ4v) is 2.86. The lowest BCUT2D eigenvalue weighted by molar-refractivity contribution is 0.226. The fourth-order valence-electron chi connectivity index (χ4n) is 2.86. The van der Waals surface area contributed by atoms with Crippen molar-refractivity contribution >= 4 is 0 Å². The van der Waals surface area contributed by atoms with E-state index in [0.29, 0.717) is 6.04 Å². The third kappa shape index (κ3) is 2.92. The summed E-state index contributed by atoms with van der Waals surface area (Å²) in [6.45, 7) is 8.77. The first kappa shape index (κ1) is 11.4. The van der Waals surface area contributed by atoms with Crippen LogP contribution in [0.3, 0.4) is 0 Å². The molecule has 1 N–H and O–H groups in total. The summed E-state index contributed by atoms with van der Waals surface area (Å²) in [5.41, 5.74) is 0. The van der Waals surface area contributed by atoms with Crippen LogP contribution >= 0.6 is 0 Å². The molecular weight excluding hydrogens is 186 g/mol. The van der Waals surface area contributed by atoms with Crippen LogP contribution in [0, 0.1) is 0 Å². The van der Waals surface area contributed by atoms with Gasteiger partial charge in [0.15, 0.2) is 0 Å². The molecule has 0 saturated carbocycles. The highest BCUT2D eigenvalue weighted by Gasteiger charge is 2.29. The normalized spacial score (nSPS) is 31.2. The Bertz CT molecular complexity index is 189. The van der Waals surface area contributed by atoms with Gasteiger partial charge >= 0.3 is 0 Å². The molecule has 2 atom stereocenters. The Hall–Kier alpha value is -0.120. The molecule has 0 bridgehead atoms. The van der Waals surface area contributed by atoms with Crippen LogP contribution in [-0.2, 0) is 0 Å². The molecule has 0 aromatic carbocycles. The monoisotopic (exact) mass is 211 g/mol. The average molecular weight is 211 g/mol. The van der Waals surface area contributed by atoms with E-state index in [0.717, 1.165) is 6.04 Å². The van der Waals surface area contributed by atoms with Crippen molar-refractivity contribution in [3.05, 3.63) is 0 Å². The quantitative estimate of drug-likeness (QED) is 0.741. The number of nitrogens with zero attached hydrogens (tertiary/aromatic N) is 2. The molecule has 0 amide bonds. The number of rotatable bonds is 4. The van der Waals surface area contributed by atoms with Crippen LogP contribution in [-0.4, -0.2) is 61.7 Å². The van der Waals surface area contributed by atoms with Crippen LogP contribution in [0.1, 0.15) is 26.2 Å². The lowest BCUT2D eigenvalue weighted by atomic mass is 10.2. The summed E-state index contributed by atoms with van der Waals surface area (Å²) in [6.07, 6.45) is 4.23. The zero-order valence-electron chi connectivity index (χ0n) is 10.2. The lowest BCUT2D eigenvalue weighted by Gasteiger charge is -2.24. The van der Waals surface area contributed by atoms with E-state index >= 15 is 0 Å². The minimum atomic E-state index is 0.627. The van der Waals surface area contributed by atoms with Gasteiger partial charge in [-0.05, 0) is 52.9 Å². The van der Waals surface area contributed by atoms with Gasteiger partial charge in [-0.3, -0.25) is 4.90 Å². The first-order valence-corrected chi connectivity index (χ1v) is 6.43. The maximum atomic E-state index is 3.32. The molecule has 2 saturated heterocycles. The molecule has 2 heterocycles. The van der Waals surface area contributed by atoms with Crippen molar-refractivity contribution in [3.63, 3.8) is 0 Å². The van der Waals surface area contributed by atoms with E-state index in [4.69, 9.17) is 0 Å². The molecule has 2 fully saturated rings. The number of likely N-dealkylation sites (tertiary alicyclic amines) is 2. The zero-order chi connectivity index (χ0) is 10.7. The summed E-state index contributed by atoms with van der Waals surface area (Å²) < 4.78 is 0. The number of hydrogen-bond donors (Lipinski definition) is 1. The highest BCUT2D eigenvalue weighted by Crippen LogP contribution is 2.20. The second kappa shape index (κ2) is 5.28.